The van der Waals surface area contributed by atoms with Gasteiger partial charge >= 0.3 is 18.3 Å². The summed E-state index contributed by atoms with van der Waals surface area (Å²) in [5.41, 5.74) is -9.22. The number of rotatable bonds is 5. The van der Waals surface area contributed by atoms with Crippen LogP contribution in [0.3, 0.4) is 0 Å². The first kappa shape index (κ1) is 23.7. The Morgan fingerprint density at radius 3 is 1.81 bits per heavy atom. The second-order valence-electron chi connectivity index (χ2n) is 7.65. The minimum Gasteiger partial charge on any atom is -0.459 e. The van der Waals surface area contributed by atoms with Gasteiger partial charge in [-0.2, -0.15) is 26.3 Å². The first-order chi connectivity index (χ1) is 11.9. The van der Waals surface area contributed by atoms with Gasteiger partial charge in [-0.3, -0.25) is 0 Å². The fourth-order valence-corrected chi connectivity index (χ4v) is 3.21. The van der Waals surface area contributed by atoms with Gasteiger partial charge in [0.15, 0.2) is 0 Å². The van der Waals surface area contributed by atoms with Crippen molar-refractivity contribution in [2.24, 2.45) is 0 Å². The van der Waals surface area contributed by atoms with Crippen molar-refractivity contribution in [3.8, 4) is 0 Å². The Balaban J connectivity index is 2.96. The average Bonchev–Trinajstić information content (AvgIpc) is 2.45. The minimum atomic E-state index is -5.99. The molecule has 0 radical (unpaired) electrons. The Hall–Kier alpha value is -1.29. The van der Waals surface area contributed by atoms with Crippen molar-refractivity contribution in [1.82, 2.24) is 0 Å². The van der Waals surface area contributed by atoms with E-state index in [1.165, 1.54) is 13.8 Å². The molecule has 0 amide bonds. The van der Waals surface area contributed by atoms with E-state index in [1.807, 2.05) is 0 Å². The average molecular weight is 406 g/mol. The second kappa shape index (κ2) is 7.27. The van der Waals surface area contributed by atoms with Gasteiger partial charge in [-0.15, -0.1) is 0 Å². The molecule has 1 fully saturated rings. The quantitative estimate of drug-likeness (QED) is 0.416. The fourth-order valence-electron chi connectivity index (χ4n) is 3.21. The molecule has 27 heavy (non-hydrogen) atoms. The van der Waals surface area contributed by atoms with Crippen molar-refractivity contribution >= 4 is 5.97 Å². The van der Waals surface area contributed by atoms with E-state index in [1.54, 1.807) is 0 Å². The predicted octanol–water partition coefficient (Wildman–Crippen LogP) is 4.46. The topological polar surface area (TPSA) is 55.8 Å². The van der Waals surface area contributed by atoms with Crippen LogP contribution in [0.2, 0.25) is 0 Å². The highest BCUT2D eigenvalue weighted by atomic mass is 19.4. The van der Waals surface area contributed by atoms with Gasteiger partial charge in [0.1, 0.15) is 11.7 Å². The van der Waals surface area contributed by atoms with Crippen molar-refractivity contribution in [3.63, 3.8) is 0 Å². The summed E-state index contributed by atoms with van der Waals surface area (Å²) >= 11 is 0. The Kier molecular flexibility index (Phi) is 6.40. The molecule has 0 unspecified atom stereocenters. The molecule has 0 bridgehead atoms. The lowest BCUT2D eigenvalue weighted by atomic mass is 9.80. The molecule has 0 atom stereocenters. The smallest absolute Gasteiger partial charge is 0.429 e. The van der Waals surface area contributed by atoms with E-state index in [9.17, 15) is 36.2 Å². The number of carbonyl (C=O) groups is 1. The standard InChI is InChI=1S/C17H24F6O4/c1-10(2)12(24)26-11-6-8-14(5,9-7-11)27-13(3,4)15(25,16(18,19)20)17(21,22)23/h11,25H,1,6-9H2,2-5H3. The number of ether oxygens (including phenoxy) is 2. The summed E-state index contributed by atoms with van der Waals surface area (Å²) in [7, 11) is 0. The number of esters is 1. The van der Waals surface area contributed by atoms with Crippen LogP contribution in [0.5, 0.6) is 0 Å². The van der Waals surface area contributed by atoms with E-state index in [2.05, 4.69) is 6.58 Å². The molecule has 1 rings (SSSR count). The number of hydrogen-bond donors (Lipinski definition) is 1. The molecule has 0 aromatic carbocycles. The van der Waals surface area contributed by atoms with Gasteiger partial charge in [0.25, 0.3) is 5.60 Å². The van der Waals surface area contributed by atoms with Crippen molar-refractivity contribution in [2.45, 2.75) is 88.6 Å². The Morgan fingerprint density at radius 2 is 1.48 bits per heavy atom. The maximum Gasteiger partial charge on any atom is 0.429 e. The van der Waals surface area contributed by atoms with Gasteiger partial charge < -0.3 is 14.6 Å². The summed E-state index contributed by atoms with van der Waals surface area (Å²) in [6.45, 7) is 7.38. The minimum absolute atomic E-state index is 0.0519. The SMILES string of the molecule is C=C(C)C(=O)OC1CCC(C)(OC(C)(C)C(O)(C(F)(F)F)C(F)(F)F)CC1. The lowest BCUT2D eigenvalue weighted by molar-refractivity contribution is -0.421. The van der Waals surface area contributed by atoms with Gasteiger partial charge in [0.2, 0.25) is 0 Å². The molecule has 0 spiro atoms. The van der Waals surface area contributed by atoms with Crippen LogP contribution in [-0.2, 0) is 14.3 Å². The van der Waals surface area contributed by atoms with E-state index < -0.39 is 41.2 Å². The molecule has 0 aromatic heterocycles. The zero-order valence-electron chi connectivity index (χ0n) is 15.6. The molecule has 0 heterocycles. The number of alkyl halides is 6. The van der Waals surface area contributed by atoms with Crippen LogP contribution in [0.15, 0.2) is 12.2 Å². The Bertz CT molecular complexity index is 557. The maximum absolute atomic E-state index is 13.1. The number of halogens is 6. The monoisotopic (exact) mass is 406 g/mol. The molecule has 158 valence electrons. The highest BCUT2D eigenvalue weighted by Crippen LogP contribution is 2.52. The summed E-state index contributed by atoms with van der Waals surface area (Å²) in [4.78, 5) is 11.5. The first-order valence-electron chi connectivity index (χ1n) is 8.29. The summed E-state index contributed by atoms with van der Waals surface area (Å²) in [5, 5.41) is 9.64. The predicted molar refractivity (Wildman–Crippen MR) is 83.8 cm³/mol. The second-order valence-corrected chi connectivity index (χ2v) is 7.65. The van der Waals surface area contributed by atoms with Crippen molar-refractivity contribution in [3.05, 3.63) is 12.2 Å². The van der Waals surface area contributed by atoms with Crippen LogP contribution < -0.4 is 0 Å². The van der Waals surface area contributed by atoms with Gasteiger partial charge in [-0.05, 0) is 53.4 Å². The highest BCUT2D eigenvalue weighted by molar-refractivity contribution is 5.87. The molecule has 0 saturated heterocycles. The molecule has 0 aromatic rings. The molecular formula is C17H24F6O4. The van der Waals surface area contributed by atoms with E-state index in [-0.39, 0.29) is 31.3 Å². The van der Waals surface area contributed by atoms with Gasteiger partial charge in [-0.25, -0.2) is 4.79 Å². The molecular weight excluding hydrogens is 382 g/mol. The molecule has 10 heteroatoms. The number of aliphatic hydroxyl groups is 1. The van der Waals surface area contributed by atoms with Crippen LogP contribution in [0, 0.1) is 0 Å². The zero-order valence-corrected chi connectivity index (χ0v) is 15.6. The third-order valence-corrected chi connectivity index (χ3v) is 4.81. The first-order valence-corrected chi connectivity index (χ1v) is 8.29. The largest absolute Gasteiger partial charge is 0.459 e. The Morgan fingerprint density at radius 1 is 1.07 bits per heavy atom. The highest BCUT2D eigenvalue weighted by Gasteiger charge is 2.78. The third-order valence-electron chi connectivity index (χ3n) is 4.81. The van der Waals surface area contributed by atoms with E-state index >= 15 is 0 Å². The van der Waals surface area contributed by atoms with Gasteiger partial charge in [0.05, 0.1) is 5.60 Å². The molecule has 1 N–H and O–H groups in total. The molecule has 4 nitrogen and oxygen atoms in total. The van der Waals surface area contributed by atoms with Crippen molar-refractivity contribution in [2.75, 3.05) is 0 Å². The molecule has 1 aliphatic carbocycles. The van der Waals surface area contributed by atoms with Crippen LogP contribution >= 0.6 is 0 Å². The van der Waals surface area contributed by atoms with E-state index in [0.717, 1.165) is 0 Å². The van der Waals surface area contributed by atoms with E-state index in [4.69, 9.17) is 9.47 Å². The zero-order chi connectivity index (χ0) is 21.5. The number of carbonyl (C=O) groups excluding carboxylic acids is 1. The molecule has 0 aliphatic heterocycles. The van der Waals surface area contributed by atoms with Crippen LogP contribution in [0.1, 0.15) is 53.4 Å². The third kappa shape index (κ3) is 4.77. The normalized spacial score (nSPS) is 25.2. The summed E-state index contributed by atoms with van der Waals surface area (Å²) in [6, 6.07) is 0. The summed E-state index contributed by atoms with van der Waals surface area (Å²) in [5.74, 6) is -0.617. The van der Waals surface area contributed by atoms with Crippen LogP contribution in [0.4, 0.5) is 26.3 Å². The van der Waals surface area contributed by atoms with Gasteiger partial charge in [-0.1, -0.05) is 6.58 Å². The van der Waals surface area contributed by atoms with Gasteiger partial charge in [0, 0.05) is 5.57 Å². The lowest BCUT2D eigenvalue weighted by Gasteiger charge is -2.49. The molecule has 1 aliphatic rings. The lowest BCUT2D eigenvalue weighted by Crippen LogP contribution is -2.71. The van der Waals surface area contributed by atoms with E-state index in [0.29, 0.717) is 13.8 Å². The van der Waals surface area contributed by atoms with Crippen LogP contribution in [0.25, 0.3) is 0 Å². The van der Waals surface area contributed by atoms with Crippen LogP contribution in [-0.4, -0.2) is 46.3 Å². The summed E-state index contributed by atoms with van der Waals surface area (Å²) in [6.07, 6.45) is -12.0. The van der Waals surface area contributed by atoms with Crippen molar-refractivity contribution in [1.29, 1.82) is 0 Å². The number of hydrogen-bond acceptors (Lipinski definition) is 4. The van der Waals surface area contributed by atoms with Crippen molar-refractivity contribution < 1.29 is 45.7 Å². The molecule has 1 saturated carbocycles. The fraction of sp³-hybridized carbons (Fsp3) is 0.824. The summed E-state index contributed by atoms with van der Waals surface area (Å²) < 4.78 is 89.2. The maximum atomic E-state index is 13.1. The Labute approximate surface area is 153 Å².